The van der Waals surface area contributed by atoms with Gasteiger partial charge in [-0.15, -0.1) is 5.10 Å². The summed E-state index contributed by atoms with van der Waals surface area (Å²) in [5.74, 6) is 0.595. The Bertz CT molecular complexity index is 843. The van der Waals surface area contributed by atoms with Crippen LogP contribution in [0.4, 0.5) is 0 Å². The van der Waals surface area contributed by atoms with E-state index in [1.807, 2.05) is 18.2 Å². The molecule has 2 atom stereocenters. The predicted molar refractivity (Wildman–Crippen MR) is 93.0 cm³/mol. The molecule has 1 fully saturated rings. The average molecular weight is 369 g/mol. The third kappa shape index (κ3) is 4.12. The molecule has 1 aromatic carbocycles. The summed E-state index contributed by atoms with van der Waals surface area (Å²) in [6, 6.07) is 10.3. The smallest absolute Gasteiger partial charge is 0.291 e. The fraction of sp³-hybridized carbons (Fsp3) is 0.500. The molecule has 0 bridgehead atoms. The summed E-state index contributed by atoms with van der Waals surface area (Å²) < 4.78 is 30.5. The van der Waals surface area contributed by atoms with Gasteiger partial charge in [-0.3, -0.25) is 0 Å². The SMILES string of the molecule is CC[NH+](Cc1ccccc1)Cn1nc([C@@H]2CCS(=O)(=O)C2)oc1=S. The summed E-state index contributed by atoms with van der Waals surface area (Å²) in [6.45, 7) is 4.52. The zero-order chi connectivity index (χ0) is 17.2. The summed E-state index contributed by atoms with van der Waals surface area (Å²) in [5.41, 5.74) is 1.26. The van der Waals surface area contributed by atoms with Crippen molar-refractivity contribution in [1.29, 1.82) is 0 Å². The van der Waals surface area contributed by atoms with Gasteiger partial charge < -0.3 is 9.32 Å². The maximum atomic E-state index is 11.6. The lowest BCUT2D eigenvalue weighted by Gasteiger charge is -2.17. The summed E-state index contributed by atoms with van der Waals surface area (Å²) >= 11 is 5.27. The average Bonchev–Trinajstić information content (AvgIpc) is 3.10. The first-order valence-corrected chi connectivity index (χ1v) is 10.4. The summed E-state index contributed by atoms with van der Waals surface area (Å²) in [7, 11) is -2.96. The number of hydrogen-bond donors (Lipinski definition) is 1. The van der Waals surface area contributed by atoms with Crippen molar-refractivity contribution >= 4 is 22.1 Å². The molecule has 1 aliphatic rings. The quantitative estimate of drug-likeness (QED) is 0.775. The van der Waals surface area contributed by atoms with Crippen LogP contribution in [0.3, 0.4) is 0 Å². The lowest BCUT2D eigenvalue weighted by molar-refractivity contribution is -0.935. The molecule has 3 rings (SSSR count). The van der Waals surface area contributed by atoms with Gasteiger partial charge in [0.25, 0.3) is 4.84 Å². The van der Waals surface area contributed by atoms with Crippen molar-refractivity contribution in [3.8, 4) is 0 Å². The number of nitrogens with zero attached hydrogens (tertiary/aromatic N) is 2. The van der Waals surface area contributed by atoms with Crippen molar-refractivity contribution in [2.75, 3.05) is 18.1 Å². The fourth-order valence-electron chi connectivity index (χ4n) is 2.97. The van der Waals surface area contributed by atoms with E-state index in [9.17, 15) is 8.42 Å². The van der Waals surface area contributed by atoms with Crippen molar-refractivity contribution < 1.29 is 17.7 Å². The minimum absolute atomic E-state index is 0.108. The number of benzene rings is 1. The first-order chi connectivity index (χ1) is 11.5. The number of hydrogen-bond acceptors (Lipinski definition) is 5. The molecule has 1 N–H and O–H groups in total. The molecule has 6 nitrogen and oxygen atoms in total. The van der Waals surface area contributed by atoms with Crippen molar-refractivity contribution in [3.05, 3.63) is 46.6 Å². The molecule has 8 heteroatoms. The van der Waals surface area contributed by atoms with Gasteiger partial charge in [0.2, 0.25) is 5.89 Å². The molecule has 0 saturated carbocycles. The first kappa shape index (κ1) is 17.3. The van der Waals surface area contributed by atoms with Crippen molar-refractivity contribution in [1.82, 2.24) is 9.78 Å². The van der Waals surface area contributed by atoms with Gasteiger partial charge in [-0.05, 0) is 25.6 Å². The highest BCUT2D eigenvalue weighted by Gasteiger charge is 2.33. The third-order valence-corrected chi connectivity index (χ3v) is 6.44. The molecule has 1 aliphatic heterocycles. The van der Waals surface area contributed by atoms with Gasteiger partial charge >= 0.3 is 0 Å². The molecule has 2 heterocycles. The van der Waals surface area contributed by atoms with Crippen molar-refractivity contribution in [3.63, 3.8) is 0 Å². The van der Waals surface area contributed by atoms with Gasteiger partial charge in [0.15, 0.2) is 16.5 Å². The number of aromatic nitrogens is 2. The van der Waals surface area contributed by atoms with Crippen LogP contribution in [-0.2, 0) is 23.1 Å². The van der Waals surface area contributed by atoms with Gasteiger partial charge in [0, 0.05) is 5.56 Å². The van der Waals surface area contributed by atoms with Crippen LogP contribution in [0.1, 0.15) is 30.7 Å². The molecule has 0 spiro atoms. The summed E-state index contributed by atoms with van der Waals surface area (Å²) in [5, 5.41) is 4.45. The Morgan fingerprint density at radius 1 is 1.38 bits per heavy atom. The highest BCUT2D eigenvalue weighted by Crippen LogP contribution is 2.27. The van der Waals surface area contributed by atoms with E-state index in [0.29, 0.717) is 23.8 Å². The number of nitrogens with one attached hydrogen (secondary N) is 1. The maximum Gasteiger partial charge on any atom is 0.291 e. The van der Waals surface area contributed by atoms with Crippen LogP contribution in [0, 0.1) is 4.84 Å². The molecule has 0 radical (unpaired) electrons. The van der Waals surface area contributed by atoms with Crippen LogP contribution in [0.15, 0.2) is 34.7 Å². The standard InChI is InChI=1S/C16H21N3O3S2/c1-2-18(10-13-6-4-3-5-7-13)12-19-16(23)22-15(17-19)14-8-9-24(20,21)11-14/h3-7,14H,2,8-12H2,1H3/p+1/t14-/m1/s1. The second kappa shape index (κ2) is 7.16. The highest BCUT2D eigenvalue weighted by molar-refractivity contribution is 7.91. The van der Waals surface area contributed by atoms with E-state index in [-0.39, 0.29) is 17.4 Å². The van der Waals surface area contributed by atoms with Crippen LogP contribution in [0.5, 0.6) is 0 Å². The molecule has 1 saturated heterocycles. The van der Waals surface area contributed by atoms with Crippen LogP contribution in [-0.4, -0.2) is 36.2 Å². The molecule has 1 aromatic heterocycles. The second-order valence-corrected chi connectivity index (χ2v) is 8.81. The fourth-order valence-corrected chi connectivity index (χ4v) is 4.89. The van der Waals surface area contributed by atoms with Crippen molar-refractivity contribution in [2.24, 2.45) is 0 Å². The lowest BCUT2D eigenvalue weighted by atomic mass is 10.1. The van der Waals surface area contributed by atoms with Gasteiger partial charge in [0.1, 0.15) is 6.54 Å². The Labute approximate surface area is 147 Å². The molecule has 130 valence electrons. The minimum Gasteiger partial charge on any atom is -0.413 e. The lowest BCUT2D eigenvalue weighted by Crippen LogP contribution is -3.09. The normalized spacial score (nSPS) is 21.0. The molecule has 2 aromatic rings. The van der Waals surface area contributed by atoms with Gasteiger partial charge in [0.05, 0.1) is 24.0 Å². The zero-order valence-electron chi connectivity index (χ0n) is 13.6. The maximum absolute atomic E-state index is 11.6. The Hall–Kier alpha value is -1.51. The molecular formula is C16H22N3O3S2+. The van der Waals surface area contributed by atoms with Gasteiger partial charge in [-0.25, -0.2) is 8.42 Å². The zero-order valence-corrected chi connectivity index (χ0v) is 15.3. The summed E-state index contributed by atoms with van der Waals surface area (Å²) in [4.78, 5) is 1.62. The van der Waals surface area contributed by atoms with E-state index in [1.165, 1.54) is 10.5 Å². The van der Waals surface area contributed by atoms with E-state index in [2.05, 4.69) is 24.2 Å². The summed E-state index contributed by atoms with van der Waals surface area (Å²) in [6.07, 6.45) is 0.561. The predicted octanol–water partition coefficient (Wildman–Crippen LogP) is 1.17. The third-order valence-electron chi connectivity index (χ3n) is 4.37. The van der Waals surface area contributed by atoms with Crippen molar-refractivity contribution in [2.45, 2.75) is 32.5 Å². The molecule has 0 aliphatic carbocycles. The van der Waals surface area contributed by atoms with E-state index in [0.717, 1.165) is 13.1 Å². The molecule has 24 heavy (non-hydrogen) atoms. The second-order valence-electron chi connectivity index (χ2n) is 6.23. The van der Waals surface area contributed by atoms with E-state index < -0.39 is 9.84 Å². The Kier molecular flexibility index (Phi) is 5.17. The topological polar surface area (TPSA) is 69.5 Å². The van der Waals surface area contributed by atoms with E-state index >= 15 is 0 Å². The number of quaternary nitrogens is 1. The van der Waals surface area contributed by atoms with E-state index in [1.54, 1.807) is 4.68 Å². The van der Waals surface area contributed by atoms with Gasteiger partial charge in [-0.2, -0.15) is 4.68 Å². The Balaban J connectivity index is 1.71. The Morgan fingerprint density at radius 3 is 2.75 bits per heavy atom. The molecule has 0 amide bonds. The highest BCUT2D eigenvalue weighted by atomic mass is 32.2. The largest absolute Gasteiger partial charge is 0.413 e. The Morgan fingerprint density at radius 2 is 2.12 bits per heavy atom. The van der Waals surface area contributed by atoms with Gasteiger partial charge in [-0.1, -0.05) is 30.3 Å². The molecular weight excluding hydrogens is 346 g/mol. The minimum atomic E-state index is -2.96. The monoisotopic (exact) mass is 368 g/mol. The number of sulfone groups is 1. The number of rotatable bonds is 6. The first-order valence-electron chi connectivity index (χ1n) is 8.12. The molecule has 1 unspecified atom stereocenters. The van der Waals surface area contributed by atoms with Crippen LogP contribution < -0.4 is 4.90 Å². The van der Waals surface area contributed by atoms with Crippen LogP contribution >= 0.6 is 12.2 Å². The van der Waals surface area contributed by atoms with Crippen LogP contribution in [0.2, 0.25) is 0 Å². The van der Waals surface area contributed by atoms with Crippen LogP contribution in [0.25, 0.3) is 0 Å². The van der Waals surface area contributed by atoms with E-state index in [4.69, 9.17) is 16.6 Å².